The van der Waals surface area contributed by atoms with Crippen LogP contribution in [0.3, 0.4) is 0 Å². The third-order valence-electron chi connectivity index (χ3n) is 7.55. The van der Waals surface area contributed by atoms with Crippen LogP contribution in [0.4, 0.5) is 0 Å². The molecule has 6 heteroatoms. The first-order valence-corrected chi connectivity index (χ1v) is 11.5. The molecule has 2 aliphatic rings. The molecule has 0 radical (unpaired) electrons. The average Bonchev–Trinajstić information content (AvgIpc) is 2.54. The zero-order valence-electron chi connectivity index (χ0n) is 20.6. The Morgan fingerprint density at radius 1 is 0.655 bits per heavy atom. The molecule has 0 amide bonds. The molecule has 0 atom stereocenters. The number of piperidine rings is 2. The van der Waals surface area contributed by atoms with E-state index in [2.05, 4.69) is 6.92 Å². The molecule has 0 spiro atoms. The van der Waals surface area contributed by atoms with Crippen LogP contribution in [0.25, 0.3) is 0 Å². The van der Waals surface area contributed by atoms with Crippen LogP contribution in [0.5, 0.6) is 0 Å². The maximum atomic E-state index is 15.1. The first-order chi connectivity index (χ1) is 13.0. The number of ether oxygens (including phenoxy) is 2. The molecule has 2 fully saturated rings. The van der Waals surface area contributed by atoms with E-state index in [0.29, 0.717) is 38.9 Å². The lowest BCUT2D eigenvalue weighted by atomic mass is 9.74. The maximum absolute atomic E-state index is 15.1. The molecule has 29 heavy (non-hydrogen) atoms. The third-order valence-corrected chi connectivity index (χ3v) is 7.55. The zero-order chi connectivity index (χ0) is 22.5. The van der Waals surface area contributed by atoms with Crippen LogP contribution in [0.2, 0.25) is 0 Å². The molecule has 0 N–H and O–H groups in total. The van der Waals surface area contributed by atoms with Crippen LogP contribution >= 0.6 is 0 Å². The van der Waals surface area contributed by atoms with Gasteiger partial charge < -0.3 is 19.9 Å². The number of rotatable bonds is 6. The molecule has 2 heterocycles. The van der Waals surface area contributed by atoms with Gasteiger partial charge in [-0.2, -0.15) is 9.51 Å². The molecular formula is C23H46N2O4. The van der Waals surface area contributed by atoms with Gasteiger partial charge in [-0.1, -0.05) is 6.92 Å². The Balaban J connectivity index is 2.58. The Labute approximate surface area is 178 Å². The Morgan fingerprint density at radius 3 is 1.24 bits per heavy atom. The minimum atomic E-state index is -0.788. The predicted molar refractivity (Wildman–Crippen MR) is 117 cm³/mol. The summed E-state index contributed by atoms with van der Waals surface area (Å²) >= 11 is 0. The quantitative estimate of drug-likeness (QED) is 0.429. The highest BCUT2D eigenvalue weighted by molar-refractivity contribution is 4.95. The van der Waals surface area contributed by atoms with Crippen molar-refractivity contribution in [2.75, 3.05) is 13.2 Å². The van der Waals surface area contributed by atoms with E-state index in [0.717, 1.165) is 6.42 Å². The number of hydrogen-bond donors (Lipinski definition) is 0. The Kier molecular flexibility index (Phi) is 6.66. The van der Waals surface area contributed by atoms with Crippen molar-refractivity contribution in [3.8, 4) is 0 Å². The van der Waals surface area contributed by atoms with Crippen LogP contribution in [0, 0.1) is 10.4 Å². The first kappa shape index (κ1) is 25.0. The number of hydroxylamine groups is 4. The van der Waals surface area contributed by atoms with E-state index < -0.39 is 31.7 Å². The molecule has 2 aliphatic heterocycles. The van der Waals surface area contributed by atoms with Crippen molar-refractivity contribution in [3.63, 3.8) is 0 Å². The molecule has 0 aromatic heterocycles. The third kappa shape index (κ3) is 3.58. The molecule has 0 aromatic rings. The molecular weight excluding hydrogens is 368 g/mol. The van der Waals surface area contributed by atoms with E-state index in [-0.39, 0.29) is 12.2 Å². The van der Waals surface area contributed by atoms with Gasteiger partial charge in [0.05, 0.1) is 12.2 Å². The van der Waals surface area contributed by atoms with Gasteiger partial charge in [-0.05, 0) is 68.7 Å². The van der Waals surface area contributed by atoms with Crippen molar-refractivity contribution in [1.29, 1.82) is 0 Å². The predicted octanol–water partition coefficient (Wildman–Crippen LogP) is 5.43. The van der Waals surface area contributed by atoms with Crippen LogP contribution < -0.4 is 0 Å². The van der Waals surface area contributed by atoms with E-state index in [1.165, 1.54) is 0 Å². The number of hydrogen-bond acceptors (Lipinski definition) is 4. The molecule has 0 unspecified atom stereocenters. The van der Waals surface area contributed by atoms with Crippen molar-refractivity contribution in [2.24, 2.45) is 0 Å². The van der Waals surface area contributed by atoms with Gasteiger partial charge in [0.2, 0.25) is 0 Å². The summed E-state index contributed by atoms with van der Waals surface area (Å²) in [5.74, 6) is 0. The highest BCUT2D eigenvalue weighted by Gasteiger charge is 2.72. The summed E-state index contributed by atoms with van der Waals surface area (Å²) in [6.45, 7) is 21.2. The van der Waals surface area contributed by atoms with E-state index in [1.807, 2.05) is 62.3 Å². The fourth-order valence-corrected chi connectivity index (χ4v) is 6.79. The summed E-state index contributed by atoms with van der Waals surface area (Å²) < 4.78 is 10.5. The molecule has 0 aromatic carbocycles. The molecule has 172 valence electrons. The van der Waals surface area contributed by atoms with Crippen molar-refractivity contribution in [3.05, 3.63) is 10.4 Å². The molecule has 2 saturated heterocycles. The molecule has 0 saturated carbocycles. The van der Waals surface area contributed by atoms with Crippen molar-refractivity contribution < 1.29 is 19.0 Å². The first-order valence-electron chi connectivity index (χ1n) is 11.5. The van der Waals surface area contributed by atoms with Crippen LogP contribution in [0.15, 0.2) is 0 Å². The second-order valence-corrected chi connectivity index (χ2v) is 11.8. The summed E-state index contributed by atoms with van der Waals surface area (Å²) in [5.41, 5.74) is -3.08. The van der Waals surface area contributed by atoms with Crippen LogP contribution in [-0.4, -0.2) is 57.1 Å². The molecule has 0 bridgehead atoms. The second-order valence-electron chi connectivity index (χ2n) is 11.8. The monoisotopic (exact) mass is 414 g/mol. The van der Waals surface area contributed by atoms with E-state index >= 15 is 10.4 Å². The fraction of sp³-hybridized carbons (Fsp3) is 1.00. The van der Waals surface area contributed by atoms with Crippen molar-refractivity contribution in [2.45, 2.75) is 136 Å². The minimum absolute atomic E-state index is 0.00783. The summed E-state index contributed by atoms with van der Waals surface area (Å²) in [5, 5.41) is 30.2. The zero-order valence-corrected chi connectivity index (χ0v) is 20.6. The summed E-state index contributed by atoms with van der Waals surface area (Å²) in [7, 11) is 0. The van der Waals surface area contributed by atoms with E-state index in [1.54, 1.807) is 0 Å². The van der Waals surface area contributed by atoms with Gasteiger partial charge in [-0.15, -0.1) is 0 Å². The van der Waals surface area contributed by atoms with Crippen LogP contribution in [0.1, 0.15) is 101 Å². The summed E-state index contributed by atoms with van der Waals surface area (Å²) in [6.07, 6.45) is 3.37. The van der Waals surface area contributed by atoms with Gasteiger partial charge in [0.15, 0.2) is 0 Å². The van der Waals surface area contributed by atoms with Crippen LogP contribution in [-0.2, 0) is 9.47 Å². The second kappa shape index (κ2) is 7.72. The highest BCUT2D eigenvalue weighted by atomic mass is 16.8. The lowest BCUT2D eigenvalue weighted by molar-refractivity contribution is -1.52. The average molecular weight is 415 g/mol. The number of nitrogens with zero attached hydrogens (tertiary/aromatic N) is 2. The Morgan fingerprint density at radius 2 is 0.966 bits per heavy atom. The van der Waals surface area contributed by atoms with E-state index in [4.69, 9.17) is 9.47 Å². The largest absolute Gasteiger partial charge is 0.581 e. The molecule has 6 nitrogen and oxygen atoms in total. The van der Waals surface area contributed by atoms with Crippen molar-refractivity contribution >= 4 is 0 Å². The van der Waals surface area contributed by atoms with Gasteiger partial charge in [0.1, 0.15) is 22.2 Å². The van der Waals surface area contributed by atoms with Crippen molar-refractivity contribution in [1.82, 2.24) is 0 Å². The summed E-state index contributed by atoms with van der Waals surface area (Å²) in [4.78, 5) is 0. The standard InChI is InChI=1S/C23H46N2O4/c1-11-13-29-19-16-22(7,8)25(27,23(9,10)17-19)24(26)20(3,4)14-18(28-12-2)15-21(24,5)6/h18-19H,11-17H2,1-10H3. The Bertz CT molecular complexity index is 549. The van der Waals surface area contributed by atoms with Gasteiger partial charge in [-0.3, -0.25) is 0 Å². The SMILES string of the molecule is CCCOC1CC(C)(C)[N+]([O-])([N+]2([O-])C(C)(C)CC(OCC)CC2(C)C)C(C)(C)C1. The van der Waals surface area contributed by atoms with Gasteiger partial charge >= 0.3 is 0 Å². The maximum Gasteiger partial charge on any atom is 0.140 e. The summed E-state index contributed by atoms with van der Waals surface area (Å²) in [6, 6.07) is 0. The van der Waals surface area contributed by atoms with Gasteiger partial charge in [-0.25, -0.2) is 0 Å². The minimum Gasteiger partial charge on any atom is -0.581 e. The normalized spacial score (nSPS) is 40.6. The number of quaternary nitrogens is 2. The Hall–Kier alpha value is -0.240. The fourth-order valence-electron chi connectivity index (χ4n) is 6.79. The molecule has 0 aliphatic carbocycles. The topological polar surface area (TPSA) is 64.6 Å². The smallest absolute Gasteiger partial charge is 0.140 e. The molecule has 2 rings (SSSR count). The lowest BCUT2D eigenvalue weighted by Crippen LogP contribution is -2.92. The lowest BCUT2D eigenvalue weighted by Gasteiger charge is -2.80. The van der Waals surface area contributed by atoms with E-state index in [9.17, 15) is 0 Å². The highest BCUT2D eigenvalue weighted by Crippen LogP contribution is 2.59. The van der Waals surface area contributed by atoms with Gasteiger partial charge in [0.25, 0.3) is 0 Å². The van der Waals surface area contributed by atoms with Gasteiger partial charge in [0, 0.05) is 38.9 Å².